The Hall–Kier alpha value is -1.64. The van der Waals surface area contributed by atoms with Crippen molar-refractivity contribution < 1.29 is 22.7 Å². The van der Waals surface area contributed by atoms with E-state index in [1.54, 1.807) is 4.90 Å². The van der Waals surface area contributed by atoms with Gasteiger partial charge in [-0.15, -0.1) is 0 Å². The lowest BCUT2D eigenvalue weighted by atomic mass is 9.93. The van der Waals surface area contributed by atoms with Crippen LogP contribution in [0.15, 0.2) is 30.3 Å². The molecule has 1 aliphatic rings. The number of carbonyl (C=O) groups excluding carboxylic acids is 1. The molecular weight excluding hydrogens is 356 g/mol. The predicted octanol–water partition coefficient (Wildman–Crippen LogP) is 1.96. The van der Waals surface area contributed by atoms with Gasteiger partial charge in [0.1, 0.15) is 5.60 Å². The van der Waals surface area contributed by atoms with Crippen LogP contribution in [-0.4, -0.2) is 63.6 Å². The van der Waals surface area contributed by atoms with E-state index in [1.165, 1.54) is 0 Å². The van der Waals surface area contributed by atoms with E-state index in [1.807, 2.05) is 51.1 Å². The van der Waals surface area contributed by atoms with Crippen LogP contribution in [0.4, 0.5) is 4.79 Å². The van der Waals surface area contributed by atoms with Gasteiger partial charge >= 0.3 is 6.09 Å². The predicted molar refractivity (Wildman–Crippen MR) is 99.6 cm³/mol. The Labute approximate surface area is 155 Å². The molecule has 1 fully saturated rings. The van der Waals surface area contributed by atoms with Crippen LogP contribution >= 0.6 is 0 Å². The summed E-state index contributed by atoms with van der Waals surface area (Å²) in [4.78, 5) is 14.1. The Morgan fingerprint density at radius 3 is 2.54 bits per heavy atom. The first kappa shape index (κ1) is 20.7. The number of nitrogens with zero attached hydrogens (tertiary/aromatic N) is 1. The molecule has 2 rings (SSSR count). The molecule has 7 nitrogen and oxygen atoms in total. The average Bonchev–Trinajstić information content (AvgIpc) is 2.74. The number of amides is 1. The molecule has 0 bridgehead atoms. The van der Waals surface area contributed by atoms with Gasteiger partial charge in [-0.2, -0.15) is 0 Å². The zero-order chi connectivity index (χ0) is 19.4. The summed E-state index contributed by atoms with van der Waals surface area (Å²) >= 11 is 0. The third kappa shape index (κ3) is 6.59. The molecule has 0 aliphatic carbocycles. The number of hydrogen-bond donors (Lipinski definition) is 1. The lowest BCUT2D eigenvalue weighted by molar-refractivity contribution is 0.0233. The van der Waals surface area contributed by atoms with Crippen LogP contribution in [0.25, 0.3) is 0 Å². The maximum absolute atomic E-state index is 12.5. The second-order valence-electron chi connectivity index (χ2n) is 7.47. The molecule has 0 radical (unpaired) electrons. The van der Waals surface area contributed by atoms with Crippen LogP contribution in [0.3, 0.4) is 0 Å². The summed E-state index contributed by atoms with van der Waals surface area (Å²) in [7, 11) is -3.33. The van der Waals surface area contributed by atoms with Crippen molar-refractivity contribution in [3.8, 4) is 0 Å². The molecule has 1 aromatic carbocycles. The highest BCUT2D eigenvalue weighted by Crippen LogP contribution is 2.26. The fraction of sp³-hybridized carbons (Fsp3) is 0.611. The molecule has 146 valence electrons. The van der Waals surface area contributed by atoms with Crippen molar-refractivity contribution in [3.63, 3.8) is 0 Å². The summed E-state index contributed by atoms with van der Waals surface area (Å²) in [6.45, 7) is 6.74. The average molecular weight is 384 g/mol. The fourth-order valence-corrected chi connectivity index (χ4v) is 3.29. The zero-order valence-electron chi connectivity index (χ0n) is 15.8. The number of ether oxygens (including phenoxy) is 2. The van der Waals surface area contributed by atoms with Gasteiger partial charge in [0.15, 0.2) is 0 Å². The van der Waals surface area contributed by atoms with E-state index in [9.17, 15) is 13.2 Å². The van der Waals surface area contributed by atoms with Crippen molar-refractivity contribution >= 4 is 16.1 Å². The maximum atomic E-state index is 12.5. The van der Waals surface area contributed by atoms with E-state index in [0.29, 0.717) is 19.7 Å². The molecule has 1 aromatic rings. The summed E-state index contributed by atoms with van der Waals surface area (Å²) in [5.74, 6) is -0.166. The Kier molecular flexibility index (Phi) is 6.65. The first-order valence-corrected chi connectivity index (χ1v) is 10.5. The second kappa shape index (κ2) is 8.37. The van der Waals surface area contributed by atoms with E-state index in [0.717, 1.165) is 11.8 Å². The van der Waals surface area contributed by atoms with Gasteiger partial charge in [-0.1, -0.05) is 30.3 Å². The molecule has 1 aliphatic heterocycles. The molecule has 8 heteroatoms. The fourth-order valence-electron chi connectivity index (χ4n) is 2.82. The monoisotopic (exact) mass is 384 g/mol. The van der Waals surface area contributed by atoms with Gasteiger partial charge in [-0.3, -0.25) is 0 Å². The number of sulfonamides is 1. The van der Waals surface area contributed by atoms with Gasteiger partial charge in [-0.05, 0) is 26.3 Å². The van der Waals surface area contributed by atoms with Gasteiger partial charge < -0.3 is 14.4 Å². The number of carbonyl (C=O) groups is 1. The van der Waals surface area contributed by atoms with Crippen molar-refractivity contribution in [1.29, 1.82) is 0 Å². The van der Waals surface area contributed by atoms with Crippen molar-refractivity contribution in [3.05, 3.63) is 35.9 Å². The van der Waals surface area contributed by atoms with E-state index < -0.39 is 21.7 Å². The normalized spacial score (nSPS) is 21.9. The van der Waals surface area contributed by atoms with Crippen molar-refractivity contribution in [2.45, 2.75) is 38.4 Å². The highest BCUT2D eigenvalue weighted by molar-refractivity contribution is 7.88. The van der Waals surface area contributed by atoms with E-state index in [2.05, 4.69) is 4.72 Å². The molecular formula is C18H28N2O5S. The highest BCUT2D eigenvalue weighted by Gasteiger charge is 2.33. The quantitative estimate of drug-likeness (QED) is 0.858. The summed E-state index contributed by atoms with van der Waals surface area (Å²) in [5.41, 5.74) is 0.410. The molecule has 0 saturated carbocycles. The SMILES string of the molecule is CC(C)(C)OC(=O)N1CCOC(CNS(C)(=O)=O)C(c2ccccc2)C1. The minimum atomic E-state index is -3.33. The summed E-state index contributed by atoms with van der Waals surface area (Å²) in [6.07, 6.45) is 0.354. The molecule has 1 saturated heterocycles. The zero-order valence-corrected chi connectivity index (χ0v) is 16.6. The van der Waals surface area contributed by atoms with Crippen LogP contribution in [0.2, 0.25) is 0 Å². The third-order valence-corrected chi connectivity index (χ3v) is 4.68. The molecule has 2 atom stereocenters. The van der Waals surface area contributed by atoms with Crippen molar-refractivity contribution in [1.82, 2.24) is 9.62 Å². The first-order chi connectivity index (χ1) is 12.1. The van der Waals surface area contributed by atoms with Crippen molar-refractivity contribution in [2.24, 2.45) is 0 Å². The lowest BCUT2D eigenvalue weighted by Crippen LogP contribution is -2.41. The largest absolute Gasteiger partial charge is 0.444 e. The minimum absolute atomic E-state index is 0.153. The molecule has 0 aromatic heterocycles. The molecule has 26 heavy (non-hydrogen) atoms. The topological polar surface area (TPSA) is 84.9 Å². The number of hydrogen-bond acceptors (Lipinski definition) is 5. The van der Waals surface area contributed by atoms with Gasteiger partial charge in [-0.25, -0.2) is 17.9 Å². The van der Waals surface area contributed by atoms with Gasteiger partial charge in [0.2, 0.25) is 10.0 Å². The van der Waals surface area contributed by atoms with Gasteiger partial charge in [0, 0.05) is 25.6 Å². The van der Waals surface area contributed by atoms with Crippen LogP contribution in [0.5, 0.6) is 0 Å². The molecule has 2 unspecified atom stereocenters. The Morgan fingerprint density at radius 2 is 1.96 bits per heavy atom. The maximum Gasteiger partial charge on any atom is 0.410 e. The summed E-state index contributed by atoms with van der Waals surface area (Å²) < 4.78 is 36.9. The van der Waals surface area contributed by atoms with Crippen molar-refractivity contribution in [2.75, 3.05) is 32.5 Å². The number of nitrogens with one attached hydrogen (secondary N) is 1. The van der Waals surface area contributed by atoms with E-state index >= 15 is 0 Å². The minimum Gasteiger partial charge on any atom is -0.444 e. The smallest absolute Gasteiger partial charge is 0.410 e. The first-order valence-electron chi connectivity index (χ1n) is 8.64. The van der Waals surface area contributed by atoms with Gasteiger partial charge in [0.05, 0.1) is 19.0 Å². The molecule has 1 amide bonds. The number of rotatable bonds is 4. The standard InChI is InChI=1S/C18H28N2O5S/c1-18(2,3)25-17(21)20-10-11-24-16(12-19-26(4,22)23)15(13-20)14-8-6-5-7-9-14/h5-9,15-16,19H,10-13H2,1-4H3. The van der Waals surface area contributed by atoms with Crippen LogP contribution in [-0.2, 0) is 19.5 Å². The lowest BCUT2D eigenvalue weighted by Gasteiger charge is -2.30. The summed E-state index contributed by atoms with van der Waals surface area (Å²) in [5, 5.41) is 0. The third-order valence-electron chi connectivity index (χ3n) is 3.99. The Bertz CT molecular complexity index is 700. The van der Waals surface area contributed by atoms with Crippen LogP contribution in [0, 0.1) is 0 Å². The molecule has 1 heterocycles. The van der Waals surface area contributed by atoms with E-state index in [-0.39, 0.29) is 18.6 Å². The summed E-state index contributed by atoms with van der Waals surface area (Å²) in [6, 6.07) is 9.66. The number of benzene rings is 1. The second-order valence-corrected chi connectivity index (χ2v) is 9.31. The Balaban J connectivity index is 2.21. The molecule has 1 N–H and O–H groups in total. The Morgan fingerprint density at radius 1 is 1.31 bits per heavy atom. The van der Waals surface area contributed by atoms with Gasteiger partial charge in [0.25, 0.3) is 0 Å². The van der Waals surface area contributed by atoms with Crippen LogP contribution < -0.4 is 4.72 Å². The highest BCUT2D eigenvalue weighted by atomic mass is 32.2. The van der Waals surface area contributed by atoms with E-state index in [4.69, 9.17) is 9.47 Å². The molecule has 0 spiro atoms. The van der Waals surface area contributed by atoms with Crippen LogP contribution in [0.1, 0.15) is 32.3 Å².